The molecule has 0 fully saturated rings. The molecule has 0 bridgehead atoms. The van der Waals surface area contributed by atoms with Gasteiger partial charge < -0.3 is 8.97 Å². The molecule has 12 aromatic rings. The second kappa shape index (κ2) is 12.8. The summed E-state index contributed by atoms with van der Waals surface area (Å²) in [6, 6.07) is 63.3. The smallest absolute Gasteiger partial charge is 0.0788 e. The van der Waals surface area contributed by atoms with Crippen LogP contribution in [0.1, 0.15) is 0 Å². The first kappa shape index (κ1) is 32.4. The van der Waals surface area contributed by atoms with Crippen LogP contribution in [0, 0.1) is 0 Å². The average molecular weight is 740 g/mol. The van der Waals surface area contributed by atoms with Crippen LogP contribution >= 0.6 is 0 Å². The molecule has 0 saturated heterocycles. The first-order chi connectivity index (χ1) is 28.8. The maximum atomic E-state index is 5.38. The fourth-order valence-electron chi connectivity index (χ4n) is 8.97. The highest BCUT2D eigenvalue weighted by molar-refractivity contribution is 6.22. The van der Waals surface area contributed by atoms with Gasteiger partial charge in [-0.1, -0.05) is 133 Å². The largest absolute Gasteiger partial charge is 0.307 e. The minimum Gasteiger partial charge on any atom is -0.307 e. The minimum absolute atomic E-state index is 0.899. The summed E-state index contributed by atoms with van der Waals surface area (Å²) in [7, 11) is 0. The summed E-state index contributed by atoms with van der Waals surface area (Å²) in [6.45, 7) is 0. The Labute approximate surface area is 333 Å². The summed E-state index contributed by atoms with van der Waals surface area (Å²) in [5.41, 5.74) is 15.2. The third-order valence-corrected chi connectivity index (χ3v) is 11.7. The van der Waals surface area contributed by atoms with Gasteiger partial charge in [0.05, 0.1) is 44.7 Å². The highest BCUT2D eigenvalue weighted by Gasteiger charge is 2.21. The Kier molecular flexibility index (Phi) is 7.16. The zero-order valence-electron chi connectivity index (χ0n) is 31.3. The normalized spacial score (nSPS) is 11.8. The fourth-order valence-corrected chi connectivity index (χ4v) is 8.97. The van der Waals surface area contributed by atoms with Gasteiger partial charge in [-0.05, 0) is 70.1 Å². The molecular weight excluding hydrogens is 707 g/mol. The van der Waals surface area contributed by atoms with Gasteiger partial charge in [-0.2, -0.15) is 0 Å². The van der Waals surface area contributed by atoms with Gasteiger partial charge in [-0.3, -0.25) is 9.97 Å². The van der Waals surface area contributed by atoms with E-state index in [0.717, 1.165) is 56.0 Å². The molecule has 5 nitrogen and oxygen atoms in total. The number of fused-ring (bicyclic) bond motifs is 12. The van der Waals surface area contributed by atoms with E-state index in [1.54, 1.807) is 0 Å². The molecule has 6 aromatic carbocycles. The molecule has 0 aliphatic rings. The monoisotopic (exact) mass is 739 g/mol. The number of hydrogen-bond acceptors (Lipinski definition) is 3. The van der Waals surface area contributed by atoms with Crippen molar-refractivity contribution in [2.75, 3.05) is 0 Å². The summed E-state index contributed by atoms with van der Waals surface area (Å²) >= 11 is 0. The number of rotatable bonds is 5. The first-order valence-electron chi connectivity index (χ1n) is 19.6. The third-order valence-electron chi connectivity index (χ3n) is 11.7. The lowest BCUT2D eigenvalue weighted by Crippen LogP contribution is -2.00. The Morgan fingerprint density at radius 2 is 0.862 bits per heavy atom. The third kappa shape index (κ3) is 5.00. The van der Waals surface area contributed by atoms with Gasteiger partial charge in [-0.15, -0.1) is 0 Å². The molecule has 6 aromatic heterocycles. The molecule has 0 unspecified atom stereocenters. The van der Waals surface area contributed by atoms with Crippen molar-refractivity contribution in [2.45, 2.75) is 0 Å². The molecular formula is C53H33N5. The van der Waals surface area contributed by atoms with Gasteiger partial charge in [0, 0.05) is 62.8 Å². The summed E-state index contributed by atoms with van der Waals surface area (Å²) in [6.07, 6.45) is 7.42. The first-order valence-corrected chi connectivity index (χ1v) is 19.6. The van der Waals surface area contributed by atoms with Crippen LogP contribution in [0.3, 0.4) is 0 Å². The molecule has 5 heteroatoms. The van der Waals surface area contributed by atoms with Crippen LogP contribution in [0.2, 0.25) is 0 Å². The molecule has 0 atom stereocenters. The van der Waals surface area contributed by atoms with Crippen molar-refractivity contribution in [3.8, 4) is 50.5 Å². The second-order valence-corrected chi connectivity index (χ2v) is 14.9. The van der Waals surface area contributed by atoms with E-state index in [9.17, 15) is 0 Å². The van der Waals surface area contributed by atoms with Gasteiger partial charge in [0.15, 0.2) is 0 Å². The number of pyridine rings is 4. The summed E-state index contributed by atoms with van der Waals surface area (Å²) in [5, 5.41) is 7.36. The van der Waals surface area contributed by atoms with Gasteiger partial charge in [-0.25, -0.2) is 4.98 Å². The quantitative estimate of drug-likeness (QED) is 0.165. The SMILES string of the molecule is c1cncc(-c2ccc(-c3cc(-n4c5ccccc5c5ccc6cc7c8ccccc8c8ccccc8n7c6c54)cc(-c4ccc(-c5cccnc5)cc4)n3)cc2)c1. The van der Waals surface area contributed by atoms with Gasteiger partial charge in [0.25, 0.3) is 0 Å². The molecule has 58 heavy (non-hydrogen) atoms. The van der Waals surface area contributed by atoms with Crippen LogP contribution in [-0.2, 0) is 0 Å². The average Bonchev–Trinajstić information content (AvgIpc) is 3.87. The predicted molar refractivity (Wildman–Crippen MR) is 239 cm³/mol. The Morgan fingerprint density at radius 3 is 1.45 bits per heavy atom. The van der Waals surface area contributed by atoms with E-state index >= 15 is 0 Å². The van der Waals surface area contributed by atoms with E-state index in [1.807, 2.05) is 36.9 Å². The van der Waals surface area contributed by atoms with Crippen molar-refractivity contribution in [1.29, 1.82) is 0 Å². The van der Waals surface area contributed by atoms with Crippen molar-refractivity contribution >= 4 is 59.9 Å². The van der Waals surface area contributed by atoms with Gasteiger partial charge in [0.2, 0.25) is 0 Å². The number of para-hydroxylation sites is 2. The zero-order chi connectivity index (χ0) is 38.2. The molecule has 12 rings (SSSR count). The number of aromatic nitrogens is 5. The van der Waals surface area contributed by atoms with E-state index in [0.29, 0.717) is 0 Å². The maximum Gasteiger partial charge on any atom is 0.0788 e. The number of hydrogen-bond donors (Lipinski definition) is 0. The van der Waals surface area contributed by atoms with Crippen LogP contribution in [0.5, 0.6) is 0 Å². The predicted octanol–water partition coefficient (Wildman–Crippen LogP) is 13.3. The Bertz CT molecular complexity index is 3430. The summed E-state index contributed by atoms with van der Waals surface area (Å²) < 4.78 is 4.95. The van der Waals surface area contributed by atoms with Crippen molar-refractivity contribution < 1.29 is 0 Å². The van der Waals surface area contributed by atoms with Crippen LogP contribution in [-0.4, -0.2) is 23.9 Å². The molecule has 0 aliphatic heterocycles. The maximum absolute atomic E-state index is 5.38. The van der Waals surface area contributed by atoms with E-state index in [2.05, 4.69) is 183 Å². The van der Waals surface area contributed by atoms with Crippen molar-refractivity contribution in [1.82, 2.24) is 23.9 Å². The fraction of sp³-hybridized carbons (Fsp3) is 0. The lowest BCUT2D eigenvalue weighted by atomic mass is 10.0. The molecule has 0 amide bonds. The van der Waals surface area contributed by atoms with E-state index in [1.165, 1.54) is 54.4 Å². The molecule has 0 radical (unpaired) electrons. The Morgan fingerprint density at radius 1 is 0.345 bits per heavy atom. The van der Waals surface area contributed by atoms with Gasteiger partial charge in [0.1, 0.15) is 0 Å². The van der Waals surface area contributed by atoms with Crippen molar-refractivity contribution in [2.24, 2.45) is 0 Å². The lowest BCUT2D eigenvalue weighted by Gasteiger charge is -2.15. The highest BCUT2D eigenvalue weighted by Crippen LogP contribution is 2.42. The Hall–Kier alpha value is -7.89. The van der Waals surface area contributed by atoms with Crippen molar-refractivity contribution in [3.05, 3.63) is 201 Å². The van der Waals surface area contributed by atoms with Crippen LogP contribution in [0.4, 0.5) is 0 Å². The van der Waals surface area contributed by atoms with E-state index in [-0.39, 0.29) is 0 Å². The standard InChI is InChI=1S/C53H33N5/c1-2-13-44-42(11-1)43-12-3-6-16-50(43)58-51(44)29-38-25-26-46-45-14-4-5-15-49(45)57(53(46)52(38)58)41-30-47(36-21-17-34(18-22-36)39-9-7-27-54-32-39)56-48(31-41)37-23-19-35(20-24-37)40-10-8-28-55-33-40/h1-33H. The Balaban J connectivity index is 1.16. The van der Waals surface area contributed by atoms with E-state index < -0.39 is 0 Å². The lowest BCUT2D eigenvalue weighted by molar-refractivity contribution is 1.16. The summed E-state index contributed by atoms with van der Waals surface area (Å²) in [5.74, 6) is 0. The topological polar surface area (TPSA) is 48.0 Å². The molecule has 0 N–H and O–H groups in total. The zero-order valence-corrected chi connectivity index (χ0v) is 31.3. The second-order valence-electron chi connectivity index (χ2n) is 14.9. The molecule has 0 aliphatic carbocycles. The van der Waals surface area contributed by atoms with Gasteiger partial charge >= 0.3 is 0 Å². The van der Waals surface area contributed by atoms with Crippen LogP contribution in [0.25, 0.3) is 110 Å². The van der Waals surface area contributed by atoms with E-state index in [4.69, 9.17) is 4.98 Å². The molecule has 270 valence electrons. The summed E-state index contributed by atoms with van der Waals surface area (Å²) in [4.78, 5) is 14.1. The van der Waals surface area contributed by atoms with Crippen LogP contribution in [0.15, 0.2) is 201 Å². The number of benzene rings is 6. The number of nitrogens with zero attached hydrogens (tertiary/aromatic N) is 5. The highest BCUT2D eigenvalue weighted by atomic mass is 15.0. The minimum atomic E-state index is 0.899. The molecule has 0 spiro atoms. The molecule has 0 saturated carbocycles. The van der Waals surface area contributed by atoms with Crippen molar-refractivity contribution in [3.63, 3.8) is 0 Å². The molecule has 6 heterocycles. The van der Waals surface area contributed by atoms with Crippen LogP contribution < -0.4 is 0 Å².